The molecule has 2 aromatic carbocycles. The van der Waals surface area contributed by atoms with Crippen LogP contribution in [-0.4, -0.2) is 9.55 Å². The van der Waals surface area contributed by atoms with Crippen molar-refractivity contribution in [3.05, 3.63) is 85.5 Å². The van der Waals surface area contributed by atoms with Gasteiger partial charge in [-0.25, -0.2) is 9.37 Å². The van der Waals surface area contributed by atoms with Crippen molar-refractivity contribution in [2.45, 2.75) is 39.2 Å². The molecule has 1 N–H and O–H groups in total. The van der Waals surface area contributed by atoms with Crippen LogP contribution in [-0.2, 0) is 19.4 Å². The number of hydrogen-bond donors (Lipinski definition) is 1. The first-order chi connectivity index (χ1) is 15.0. The van der Waals surface area contributed by atoms with Gasteiger partial charge >= 0.3 is 0 Å². The Morgan fingerprint density at radius 1 is 1.16 bits per heavy atom. The number of hydrogen-bond acceptors (Lipinski definition) is 4. The monoisotopic (exact) mass is 453 g/mol. The summed E-state index contributed by atoms with van der Waals surface area (Å²) in [5, 5.41) is 4.04. The lowest BCUT2D eigenvalue weighted by Gasteiger charge is -2.15. The molecule has 158 valence electrons. The highest BCUT2D eigenvalue weighted by molar-refractivity contribution is 7.18. The summed E-state index contributed by atoms with van der Waals surface area (Å²) in [7, 11) is 0. The average Bonchev–Trinajstić information content (AvgIpc) is 3.14. The lowest BCUT2D eigenvalue weighted by Crippen LogP contribution is -2.25. The number of aryl methyl sites for hydroxylation is 3. The van der Waals surface area contributed by atoms with Crippen molar-refractivity contribution in [3.8, 4) is 5.69 Å². The predicted molar refractivity (Wildman–Crippen MR) is 125 cm³/mol. The van der Waals surface area contributed by atoms with Gasteiger partial charge in [0.1, 0.15) is 16.5 Å². The molecular formula is C24H21ClFN3OS. The van der Waals surface area contributed by atoms with Gasteiger partial charge < -0.3 is 5.32 Å². The number of nitrogens with one attached hydrogen (secondary N) is 1. The van der Waals surface area contributed by atoms with Crippen molar-refractivity contribution in [2.75, 3.05) is 5.32 Å². The van der Waals surface area contributed by atoms with Crippen molar-refractivity contribution in [1.82, 2.24) is 9.55 Å². The zero-order valence-electron chi connectivity index (χ0n) is 17.0. The molecule has 0 amide bonds. The first kappa shape index (κ1) is 20.2. The molecule has 0 atom stereocenters. The van der Waals surface area contributed by atoms with Gasteiger partial charge in [0.2, 0.25) is 0 Å². The van der Waals surface area contributed by atoms with Crippen LogP contribution in [0.3, 0.4) is 0 Å². The Hall–Kier alpha value is -2.70. The quantitative estimate of drug-likeness (QED) is 0.410. The molecule has 1 aliphatic carbocycles. The van der Waals surface area contributed by atoms with E-state index >= 15 is 0 Å². The molecule has 0 aliphatic heterocycles. The summed E-state index contributed by atoms with van der Waals surface area (Å²) < 4.78 is 15.2. The topological polar surface area (TPSA) is 46.9 Å². The van der Waals surface area contributed by atoms with Gasteiger partial charge in [-0.2, -0.15) is 0 Å². The highest BCUT2D eigenvalue weighted by atomic mass is 35.5. The molecule has 5 rings (SSSR count). The van der Waals surface area contributed by atoms with Crippen molar-refractivity contribution in [1.29, 1.82) is 0 Å². The lowest BCUT2D eigenvalue weighted by molar-refractivity contribution is 0.628. The van der Waals surface area contributed by atoms with E-state index in [4.69, 9.17) is 16.6 Å². The minimum atomic E-state index is -0.465. The maximum atomic E-state index is 13.7. The molecule has 4 nitrogen and oxygen atoms in total. The third-order valence-corrected chi connectivity index (χ3v) is 7.20. The van der Waals surface area contributed by atoms with Gasteiger partial charge in [-0.1, -0.05) is 29.3 Å². The van der Waals surface area contributed by atoms with E-state index in [9.17, 15) is 9.18 Å². The van der Waals surface area contributed by atoms with Crippen molar-refractivity contribution in [2.24, 2.45) is 0 Å². The maximum Gasteiger partial charge on any atom is 0.267 e. The summed E-state index contributed by atoms with van der Waals surface area (Å²) in [6.07, 6.45) is 4.22. The van der Waals surface area contributed by atoms with Gasteiger partial charge in [-0.3, -0.25) is 9.36 Å². The number of halogens is 2. The van der Waals surface area contributed by atoms with Gasteiger partial charge in [-0.05, 0) is 68.5 Å². The molecule has 0 radical (unpaired) electrons. The second kappa shape index (κ2) is 8.09. The Bertz CT molecular complexity index is 1340. The van der Waals surface area contributed by atoms with Crippen LogP contribution in [0.2, 0.25) is 5.02 Å². The smallest absolute Gasteiger partial charge is 0.267 e. The summed E-state index contributed by atoms with van der Waals surface area (Å²) in [6.45, 7) is 2.33. The second-order valence-electron chi connectivity index (χ2n) is 7.88. The molecule has 0 saturated heterocycles. The largest absolute Gasteiger partial charge is 0.378 e. The highest BCUT2D eigenvalue weighted by Crippen LogP contribution is 2.34. The third-order valence-electron chi connectivity index (χ3n) is 5.72. The Labute approximate surface area is 188 Å². The standard InChI is InChI=1S/C24H21ClFN3OS/c1-14-6-9-16(10-7-14)29-21(13-27-15-8-11-19(26)18(25)12-15)28-23-22(24(29)30)17-4-2-3-5-20(17)31-23/h6-12,27H,2-5,13H2,1H3. The fraction of sp³-hybridized carbons (Fsp3) is 0.250. The van der Waals surface area contributed by atoms with Crippen LogP contribution in [0.4, 0.5) is 10.1 Å². The zero-order valence-corrected chi connectivity index (χ0v) is 18.6. The van der Waals surface area contributed by atoms with E-state index in [1.807, 2.05) is 31.2 Å². The van der Waals surface area contributed by atoms with Crippen molar-refractivity contribution >= 4 is 38.8 Å². The first-order valence-corrected chi connectivity index (χ1v) is 11.5. The van der Waals surface area contributed by atoms with Crippen LogP contribution in [0, 0.1) is 12.7 Å². The van der Waals surface area contributed by atoms with Crippen LogP contribution in [0.25, 0.3) is 15.9 Å². The fourth-order valence-corrected chi connectivity index (χ4v) is 5.56. The second-order valence-corrected chi connectivity index (χ2v) is 9.37. The van der Waals surface area contributed by atoms with E-state index < -0.39 is 5.82 Å². The van der Waals surface area contributed by atoms with Gasteiger partial charge in [-0.15, -0.1) is 11.3 Å². The van der Waals surface area contributed by atoms with Crippen molar-refractivity contribution in [3.63, 3.8) is 0 Å². The number of rotatable bonds is 4. The lowest BCUT2D eigenvalue weighted by atomic mass is 9.97. The fourth-order valence-electron chi connectivity index (χ4n) is 4.11. The van der Waals surface area contributed by atoms with E-state index in [0.29, 0.717) is 18.1 Å². The van der Waals surface area contributed by atoms with E-state index in [1.165, 1.54) is 22.6 Å². The van der Waals surface area contributed by atoms with Gasteiger partial charge in [0.15, 0.2) is 0 Å². The SMILES string of the molecule is Cc1ccc(-n2c(CNc3ccc(F)c(Cl)c3)nc3sc4c(c3c2=O)CCCC4)cc1. The number of thiophene rings is 1. The number of anilines is 1. The zero-order chi connectivity index (χ0) is 21.5. The summed E-state index contributed by atoms with van der Waals surface area (Å²) in [5.74, 6) is 0.146. The maximum absolute atomic E-state index is 13.7. The Kier molecular flexibility index (Phi) is 5.28. The molecule has 0 spiro atoms. The Balaban J connectivity index is 1.64. The highest BCUT2D eigenvalue weighted by Gasteiger charge is 2.22. The van der Waals surface area contributed by atoms with E-state index in [-0.39, 0.29) is 10.6 Å². The number of nitrogens with zero attached hydrogens (tertiary/aromatic N) is 2. The van der Waals surface area contributed by atoms with Crippen LogP contribution in [0.1, 0.15) is 34.7 Å². The summed E-state index contributed by atoms with van der Waals surface area (Å²) in [6, 6.07) is 12.4. The number of fused-ring (bicyclic) bond motifs is 3. The molecule has 0 bridgehead atoms. The van der Waals surface area contributed by atoms with Crippen LogP contribution in [0.5, 0.6) is 0 Å². The molecule has 0 saturated carbocycles. The molecular weight excluding hydrogens is 433 g/mol. The molecule has 2 heterocycles. The van der Waals surface area contributed by atoms with Crippen molar-refractivity contribution < 1.29 is 4.39 Å². The molecule has 7 heteroatoms. The van der Waals surface area contributed by atoms with E-state index in [0.717, 1.165) is 47.2 Å². The third kappa shape index (κ3) is 3.75. The summed E-state index contributed by atoms with van der Waals surface area (Å²) >= 11 is 7.55. The van der Waals surface area contributed by atoms with Gasteiger partial charge in [0.05, 0.1) is 22.6 Å². The van der Waals surface area contributed by atoms with E-state index in [2.05, 4.69) is 5.32 Å². The first-order valence-electron chi connectivity index (χ1n) is 10.3. The average molecular weight is 454 g/mol. The minimum absolute atomic E-state index is 0.0257. The Morgan fingerprint density at radius 3 is 2.71 bits per heavy atom. The number of aromatic nitrogens is 2. The molecule has 1 aliphatic rings. The number of benzene rings is 2. The van der Waals surface area contributed by atoms with E-state index in [1.54, 1.807) is 22.0 Å². The summed E-state index contributed by atoms with van der Waals surface area (Å²) in [5.41, 5.74) is 3.73. The van der Waals surface area contributed by atoms with Crippen LogP contribution >= 0.6 is 22.9 Å². The molecule has 2 aromatic heterocycles. The van der Waals surface area contributed by atoms with Gasteiger partial charge in [0.25, 0.3) is 5.56 Å². The Morgan fingerprint density at radius 2 is 1.94 bits per heavy atom. The molecule has 31 heavy (non-hydrogen) atoms. The van der Waals surface area contributed by atoms with Crippen LogP contribution in [0.15, 0.2) is 47.3 Å². The van der Waals surface area contributed by atoms with Gasteiger partial charge in [0, 0.05) is 10.6 Å². The normalized spacial score (nSPS) is 13.4. The molecule has 0 unspecified atom stereocenters. The predicted octanol–water partition coefficient (Wildman–Crippen LogP) is 6.04. The van der Waals surface area contributed by atoms with Crippen LogP contribution < -0.4 is 10.9 Å². The minimum Gasteiger partial charge on any atom is -0.378 e. The molecule has 0 fully saturated rings. The summed E-state index contributed by atoms with van der Waals surface area (Å²) in [4.78, 5) is 20.7. The molecule has 4 aromatic rings.